The summed E-state index contributed by atoms with van der Waals surface area (Å²) in [5, 5.41) is 0. The van der Waals surface area contributed by atoms with Gasteiger partial charge in [0, 0.05) is 12.6 Å². The van der Waals surface area contributed by atoms with E-state index in [1.807, 2.05) is 0 Å². The second-order valence-corrected chi connectivity index (χ2v) is 7.04. The molecule has 0 amide bonds. The molecule has 3 heteroatoms. The van der Waals surface area contributed by atoms with Crippen molar-refractivity contribution in [2.75, 3.05) is 40.3 Å². The molecule has 3 nitrogen and oxygen atoms in total. The molecule has 0 bridgehead atoms. The molecule has 1 aromatic carbocycles. The van der Waals surface area contributed by atoms with E-state index in [1.54, 1.807) is 0 Å². The molecule has 2 saturated heterocycles. The topological polar surface area (TPSA) is 32.5 Å². The Morgan fingerprint density at radius 3 is 2.24 bits per heavy atom. The first-order chi connectivity index (χ1) is 10.2. The number of hydrogen-bond donors (Lipinski definition) is 1. The van der Waals surface area contributed by atoms with Crippen molar-refractivity contribution in [1.82, 2.24) is 9.80 Å². The maximum atomic E-state index is 5.84. The van der Waals surface area contributed by atoms with Crippen LogP contribution in [0.3, 0.4) is 0 Å². The lowest BCUT2D eigenvalue weighted by Gasteiger charge is -2.29. The van der Waals surface area contributed by atoms with Crippen molar-refractivity contribution >= 4 is 0 Å². The van der Waals surface area contributed by atoms with Gasteiger partial charge in [-0.3, -0.25) is 4.90 Å². The van der Waals surface area contributed by atoms with E-state index in [0.717, 1.165) is 19.0 Å². The molecule has 0 aliphatic carbocycles. The zero-order valence-electron chi connectivity index (χ0n) is 13.5. The number of nitrogens with two attached hydrogens (primary N) is 1. The Balaban J connectivity index is 1.67. The Bertz CT molecular complexity index is 448. The van der Waals surface area contributed by atoms with Gasteiger partial charge in [0.1, 0.15) is 0 Å². The first-order valence-electron chi connectivity index (χ1n) is 8.36. The van der Waals surface area contributed by atoms with E-state index >= 15 is 0 Å². The maximum absolute atomic E-state index is 5.84. The fourth-order valence-corrected chi connectivity index (χ4v) is 4.00. The van der Waals surface area contributed by atoms with Gasteiger partial charge in [0.05, 0.1) is 0 Å². The fourth-order valence-electron chi connectivity index (χ4n) is 4.00. The molecule has 116 valence electrons. The van der Waals surface area contributed by atoms with Crippen LogP contribution >= 0.6 is 0 Å². The highest BCUT2D eigenvalue weighted by atomic mass is 15.2. The lowest BCUT2D eigenvalue weighted by molar-refractivity contribution is 0.255. The molecule has 0 saturated carbocycles. The highest BCUT2D eigenvalue weighted by molar-refractivity contribution is 5.28. The van der Waals surface area contributed by atoms with Gasteiger partial charge < -0.3 is 10.6 Å². The Hall–Kier alpha value is -0.900. The molecule has 2 atom stereocenters. The summed E-state index contributed by atoms with van der Waals surface area (Å²) < 4.78 is 0. The van der Waals surface area contributed by atoms with Crippen molar-refractivity contribution < 1.29 is 0 Å². The van der Waals surface area contributed by atoms with E-state index in [4.69, 9.17) is 5.73 Å². The van der Waals surface area contributed by atoms with Crippen LogP contribution in [-0.4, -0.2) is 50.1 Å². The summed E-state index contributed by atoms with van der Waals surface area (Å²) in [6, 6.07) is 10.0. The number of piperidine rings is 1. The second kappa shape index (κ2) is 6.47. The van der Waals surface area contributed by atoms with Gasteiger partial charge in [-0.05, 0) is 76.0 Å². The van der Waals surface area contributed by atoms with Gasteiger partial charge in [0.15, 0.2) is 0 Å². The molecular weight excluding hydrogens is 258 g/mol. The van der Waals surface area contributed by atoms with Gasteiger partial charge in [-0.15, -0.1) is 0 Å². The van der Waals surface area contributed by atoms with E-state index in [2.05, 4.69) is 48.2 Å². The summed E-state index contributed by atoms with van der Waals surface area (Å²) >= 11 is 0. The summed E-state index contributed by atoms with van der Waals surface area (Å²) in [6.07, 6.45) is 3.81. The minimum Gasteiger partial charge on any atom is -0.330 e. The molecule has 0 spiro atoms. The number of benzene rings is 1. The third-order valence-electron chi connectivity index (χ3n) is 5.48. The molecular formula is C18H29N3. The van der Waals surface area contributed by atoms with Crippen LogP contribution in [0.25, 0.3) is 0 Å². The molecule has 0 aromatic heterocycles. The third kappa shape index (κ3) is 3.31. The largest absolute Gasteiger partial charge is 0.330 e. The van der Waals surface area contributed by atoms with Crippen LogP contribution in [0.1, 0.15) is 42.3 Å². The zero-order valence-corrected chi connectivity index (χ0v) is 13.5. The van der Waals surface area contributed by atoms with Crippen molar-refractivity contribution in [3.8, 4) is 0 Å². The van der Waals surface area contributed by atoms with Gasteiger partial charge in [-0.1, -0.05) is 24.3 Å². The van der Waals surface area contributed by atoms with Crippen LogP contribution < -0.4 is 5.73 Å². The molecule has 2 N–H and O–H groups in total. The van der Waals surface area contributed by atoms with E-state index in [9.17, 15) is 0 Å². The molecule has 2 heterocycles. The average molecular weight is 287 g/mol. The van der Waals surface area contributed by atoms with E-state index in [0.29, 0.717) is 12.0 Å². The molecule has 2 fully saturated rings. The van der Waals surface area contributed by atoms with Crippen molar-refractivity contribution in [1.29, 1.82) is 0 Å². The Morgan fingerprint density at radius 1 is 1.05 bits per heavy atom. The molecule has 3 rings (SSSR count). The second-order valence-electron chi connectivity index (χ2n) is 7.04. The lowest BCUT2D eigenvalue weighted by atomic mass is 9.88. The van der Waals surface area contributed by atoms with E-state index in [-0.39, 0.29) is 0 Å². The smallest absolute Gasteiger partial charge is 0.0348 e. The molecule has 21 heavy (non-hydrogen) atoms. The Morgan fingerprint density at radius 2 is 1.67 bits per heavy atom. The quantitative estimate of drug-likeness (QED) is 0.927. The molecule has 2 aliphatic rings. The van der Waals surface area contributed by atoms with Crippen molar-refractivity contribution in [2.45, 2.75) is 31.2 Å². The predicted octanol–water partition coefficient (Wildman–Crippen LogP) is 2.45. The minimum atomic E-state index is 0.560. The molecule has 0 radical (unpaired) electrons. The van der Waals surface area contributed by atoms with Crippen LogP contribution in [-0.2, 0) is 0 Å². The molecule has 2 unspecified atom stereocenters. The van der Waals surface area contributed by atoms with Crippen LogP contribution in [0.15, 0.2) is 24.3 Å². The standard InChI is InChI=1S/C18H29N3/c1-20-9-7-16(8-10-20)15-3-5-17(6-4-15)18-11-14(12-19)13-21(18)2/h3-6,14,16,18H,7-13,19H2,1-2H3. The van der Waals surface area contributed by atoms with E-state index < -0.39 is 0 Å². The lowest BCUT2D eigenvalue weighted by Crippen LogP contribution is -2.29. The highest BCUT2D eigenvalue weighted by Crippen LogP contribution is 2.35. The Kier molecular flexibility index (Phi) is 4.63. The van der Waals surface area contributed by atoms with Gasteiger partial charge in [0.25, 0.3) is 0 Å². The van der Waals surface area contributed by atoms with Crippen LogP contribution in [0.2, 0.25) is 0 Å². The van der Waals surface area contributed by atoms with Gasteiger partial charge >= 0.3 is 0 Å². The summed E-state index contributed by atoms with van der Waals surface area (Å²) in [5.74, 6) is 1.42. The molecule has 2 aliphatic heterocycles. The third-order valence-corrected chi connectivity index (χ3v) is 5.48. The predicted molar refractivity (Wildman–Crippen MR) is 88.4 cm³/mol. The van der Waals surface area contributed by atoms with Gasteiger partial charge in [0.2, 0.25) is 0 Å². The van der Waals surface area contributed by atoms with Crippen molar-refractivity contribution in [2.24, 2.45) is 11.7 Å². The first kappa shape index (κ1) is 15.0. The molecule has 1 aromatic rings. The Labute approximate surface area is 129 Å². The van der Waals surface area contributed by atoms with E-state index in [1.165, 1.54) is 43.5 Å². The number of hydrogen-bond acceptors (Lipinski definition) is 3. The first-order valence-corrected chi connectivity index (χ1v) is 8.36. The fraction of sp³-hybridized carbons (Fsp3) is 0.667. The average Bonchev–Trinajstić information content (AvgIpc) is 2.89. The SMILES string of the molecule is CN1CCC(c2ccc(C3CC(CN)CN3C)cc2)CC1. The summed E-state index contributed by atoms with van der Waals surface area (Å²) in [5.41, 5.74) is 8.83. The van der Waals surface area contributed by atoms with Gasteiger partial charge in [-0.2, -0.15) is 0 Å². The van der Waals surface area contributed by atoms with Crippen molar-refractivity contribution in [3.63, 3.8) is 0 Å². The van der Waals surface area contributed by atoms with Gasteiger partial charge in [-0.25, -0.2) is 0 Å². The highest BCUT2D eigenvalue weighted by Gasteiger charge is 2.29. The number of nitrogens with zero attached hydrogens (tertiary/aromatic N) is 2. The van der Waals surface area contributed by atoms with Crippen LogP contribution in [0, 0.1) is 5.92 Å². The summed E-state index contributed by atoms with van der Waals surface area (Å²) in [6.45, 7) is 4.41. The number of rotatable bonds is 3. The van der Waals surface area contributed by atoms with Crippen molar-refractivity contribution in [3.05, 3.63) is 35.4 Å². The monoisotopic (exact) mass is 287 g/mol. The van der Waals surface area contributed by atoms with Crippen LogP contribution in [0.4, 0.5) is 0 Å². The minimum absolute atomic E-state index is 0.560. The maximum Gasteiger partial charge on any atom is 0.0348 e. The normalized spacial score (nSPS) is 29.1. The summed E-state index contributed by atoms with van der Waals surface area (Å²) in [7, 11) is 4.45. The number of likely N-dealkylation sites (tertiary alicyclic amines) is 2. The summed E-state index contributed by atoms with van der Waals surface area (Å²) in [4.78, 5) is 4.90. The van der Waals surface area contributed by atoms with Crippen LogP contribution in [0.5, 0.6) is 0 Å². The zero-order chi connectivity index (χ0) is 14.8.